The summed E-state index contributed by atoms with van der Waals surface area (Å²) in [4.78, 5) is 0. The number of thioether (sulfide) groups is 1. The monoisotopic (exact) mass is 438 g/mol. The van der Waals surface area contributed by atoms with Crippen molar-refractivity contribution >= 4 is 35.0 Å². The molecule has 0 spiro atoms. The van der Waals surface area contributed by atoms with E-state index in [-0.39, 0.29) is 0 Å². The third-order valence-corrected chi connectivity index (χ3v) is 7.03. The molecule has 0 atom stereocenters. The van der Waals surface area contributed by atoms with E-state index in [4.69, 9.17) is 23.2 Å². The van der Waals surface area contributed by atoms with E-state index in [0.717, 1.165) is 11.8 Å². The summed E-state index contributed by atoms with van der Waals surface area (Å²) in [5, 5.41) is 0. The number of hydrogen-bond donors (Lipinski definition) is 0. The molecule has 0 nitrogen and oxygen atoms in total. The summed E-state index contributed by atoms with van der Waals surface area (Å²) < 4.78 is 0. The van der Waals surface area contributed by atoms with Gasteiger partial charge in [-0.25, -0.2) is 0 Å². The Kier molecular flexibility index (Phi) is 27.9. The van der Waals surface area contributed by atoms with Gasteiger partial charge in [-0.2, -0.15) is 11.8 Å². The van der Waals surface area contributed by atoms with Gasteiger partial charge >= 0.3 is 0 Å². The normalized spacial score (nSPS) is 11.3. The topological polar surface area (TPSA) is 0 Å². The minimum Gasteiger partial charge on any atom is -0.162 e. The van der Waals surface area contributed by atoms with Crippen molar-refractivity contribution in [3.63, 3.8) is 0 Å². The first-order valence-electron chi connectivity index (χ1n) is 12.1. The van der Waals surface area contributed by atoms with Crippen LogP contribution < -0.4 is 0 Å². The van der Waals surface area contributed by atoms with E-state index >= 15 is 0 Å². The van der Waals surface area contributed by atoms with Crippen molar-refractivity contribution in [1.82, 2.24) is 0 Å². The zero-order chi connectivity index (χ0) is 19.7. The van der Waals surface area contributed by atoms with Gasteiger partial charge in [-0.05, 0) is 37.2 Å². The minimum absolute atomic E-state index is 0.841. The van der Waals surface area contributed by atoms with Crippen LogP contribution in [0.3, 0.4) is 0 Å². The second kappa shape index (κ2) is 26.9. The van der Waals surface area contributed by atoms with Gasteiger partial charge < -0.3 is 0 Å². The molecule has 0 heterocycles. The predicted octanol–water partition coefficient (Wildman–Crippen LogP) is 10.00. The van der Waals surface area contributed by atoms with Crippen LogP contribution >= 0.6 is 35.0 Å². The van der Waals surface area contributed by atoms with Crippen molar-refractivity contribution in [2.75, 3.05) is 23.3 Å². The third-order valence-electron chi connectivity index (χ3n) is 5.34. The molecule has 0 unspecified atom stereocenters. The van der Waals surface area contributed by atoms with Crippen molar-refractivity contribution in [1.29, 1.82) is 0 Å². The Labute approximate surface area is 186 Å². The molecular weight excluding hydrogens is 391 g/mol. The zero-order valence-electron chi connectivity index (χ0n) is 18.1. The molecule has 0 aromatic rings. The quantitative estimate of drug-likeness (QED) is 0.106. The standard InChI is InChI=1S/C24H48Cl2S/c25-21-17-13-9-5-1-3-7-11-15-19-23-27-24-20-16-12-8-4-2-6-10-14-18-22-26/h1-24H2. The van der Waals surface area contributed by atoms with Crippen LogP contribution in [0.25, 0.3) is 0 Å². The van der Waals surface area contributed by atoms with Crippen molar-refractivity contribution < 1.29 is 0 Å². The summed E-state index contributed by atoms with van der Waals surface area (Å²) in [5.74, 6) is 4.46. The van der Waals surface area contributed by atoms with E-state index in [1.807, 2.05) is 0 Å². The van der Waals surface area contributed by atoms with Crippen molar-refractivity contribution in [3.8, 4) is 0 Å². The summed E-state index contributed by atoms with van der Waals surface area (Å²) in [6, 6.07) is 0. The highest BCUT2D eigenvalue weighted by Crippen LogP contribution is 2.15. The SMILES string of the molecule is ClCCCCCCCCCCCCSCCCCCCCCCCCCCl. The first-order chi connectivity index (χ1) is 13.4. The van der Waals surface area contributed by atoms with Gasteiger partial charge in [0, 0.05) is 11.8 Å². The molecule has 0 N–H and O–H groups in total. The van der Waals surface area contributed by atoms with Crippen LogP contribution in [0.5, 0.6) is 0 Å². The molecule has 0 aliphatic rings. The molecular formula is C24H48Cl2S. The van der Waals surface area contributed by atoms with Gasteiger partial charge in [-0.15, -0.1) is 23.2 Å². The molecule has 0 radical (unpaired) electrons. The number of halogens is 2. The summed E-state index contributed by atoms with van der Waals surface area (Å²) in [5.41, 5.74) is 0. The molecule has 0 aromatic heterocycles. The van der Waals surface area contributed by atoms with Crippen molar-refractivity contribution in [2.24, 2.45) is 0 Å². The summed E-state index contributed by atoms with van der Waals surface area (Å²) in [6.45, 7) is 0. The molecule has 0 fully saturated rings. The van der Waals surface area contributed by atoms with Gasteiger partial charge in [0.05, 0.1) is 0 Å². The van der Waals surface area contributed by atoms with E-state index < -0.39 is 0 Å². The highest BCUT2D eigenvalue weighted by molar-refractivity contribution is 7.99. The molecule has 0 saturated heterocycles. The van der Waals surface area contributed by atoms with E-state index in [1.54, 1.807) is 0 Å². The van der Waals surface area contributed by atoms with Crippen LogP contribution in [0.15, 0.2) is 0 Å². The first kappa shape index (κ1) is 27.9. The molecule has 0 aliphatic heterocycles. The maximum atomic E-state index is 5.69. The first-order valence-corrected chi connectivity index (χ1v) is 14.3. The molecule has 0 bridgehead atoms. The van der Waals surface area contributed by atoms with E-state index in [1.165, 1.54) is 140 Å². The molecule has 27 heavy (non-hydrogen) atoms. The lowest BCUT2D eigenvalue weighted by molar-refractivity contribution is 0.562. The number of alkyl halides is 2. The maximum absolute atomic E-state index is 5.69. The van der Waals surface area contributed by atoms with Gasteiger partial charge in [0.2, 0.25) is 0 Å². The van der Waals surface area contributed by atoms with Gasteiger partial charge in [0.1, 0.15) is 0 Å². The average molecular weight is 440 g/mol. The highest BCUT2D eigenvalue weighted by atomic mass is 35.5. The number of unbranched alkanes of at least 4 members (excludes halogenated alkanes) is 18. The summed E-state index contributed by atoms with van der Waals surface area (Å²) in [6.07, 6.45) is 28.0. The van der Waals surface area contributed by atoms with Crippen LogP contribution in [0.2, 0.25) is 0 Å². The third kappa shape index (κ3) is 26.9. The molecule has 0 amide bonds. The Morgan fingerprint density at radius 2 is 0.519 bits per heavy atom. The fraction of sp³-hybridized carbons (Fsp3) is 1.00. The largest absolute Gasteiger partial charge is 0.162 e. The van der Waals surface area contributed by atoms with Gasteiger partial charge in [0.25, 0.3) is 0 Å². The summed E-state index contributed by atoms with van der Waals surface area (Å²) >= 11 is 13.6. The van der Waals surface area contributed by atoms with Crippen LogP contribution in [-0.2, 0) is 0 Å². The Bertz CT molecular complexity index is 225. The van der Waals surface area contributed by atoms with E-state index in [2.05, 4.69) is 11.8 Å². The lowest BCUT2D eigenvalue weighted by Gasteiger charge is -2.04. The Morgan fingerprint density at radius 1 is 0.296 bits per heavy atom. The molecule has 0 aromatic carbocycles. The van der Waals surface area contributed by atoms with E-state index in [9.17, 15) is 0 Å². The Morgan fingerprint density at radius 3 is 0.778 bits per heavy atom. The smallest absolute Gasteiger partial charge is 0.0223 e. The molecule has 3 heteroatoms. The number of rotatable bonds is 24. The van der Waals surface area contributed by atoms with Gasteiger partial charge in [0.15, 0.2) is 0 Å². The predicted molar refractivity (Wildman–Crippen MR) is 131 cm³/mol. The van der Waals surface area contributed by atoms with Crippen LogP contribution in [0.4, 0.5) is 0 Å². The molecule has 0 saturated carbocycles. The van der Waals surface area contributed by atoms with Gasteiger partial charge in [-0.1, -0.05) is 103 Å². The molecule has 164 valence electrons. The second-order valence-corrected chi connectivity index (χ2v) is 10.0. The fourth-order valence-electron chi connectivity index (χ4n) is 3.53. The molecule has 0 rings (SSSR count). The van der Waals surface area contributed by atoms with Crippen LogP contribution in [0, 0.1) is 0 Å². The average Bonchev–Trinajstić information content (AvgIpc) is 2.68. The minimum atomic E-state index is 0.841. The van der Waals surface area contributed by atoms with Crippen molar-refractivity contribution in [3.05, 3.63) is 0 Å². The van der Waals surface area contributed by atoms with Gasteiger partial charge in [-0.3, -0.25) is 0 Å². The molecule has 0 aliphatic carbocycles. The second-order valence-electron chi connectivity index (χ2n) is 8.06. The zero-order valence-corrected chi connectivity index (χ0v) is 20.5. The maximum Gasteiger partial charge on any atom is 0.0223 e. The number of hydrogen-bond acceptors (Lipinski definition) is 1. The Hall–Kier alpha value is 0.930. The lowest BCUT2D eigenvalue weighted by atomic mass is 10.1. The highest BCUT2D eigenvalue weighted by Gasteiger charge is 1.96. The van der Waals surface area contributed by atoms with Crippen LogP contribution in [0.1, 0.15) is 128 Å². The summed E-state index contributed by atoms with van der Waals surface area (Å²) in [7, 11) is 0. The van der Waals surface area contributed by atoms with E-state index in [0.29, 0.717) is 0 Å². The lowest BCUT2D eigenvalue weighted by Crippen LogP contribution is -1.87. The van der Waals surface area contributed by atoms with Crippen molar-refractivity contribution in [2.45, 2.75) is 128 Å². The Balaban J connectivity index is 2.95. The van der Waals surface area contributed by atoms with Crippen LogP contribution in [-0.4, -0.2) is 23.3 Å². The fourth-order valence-corrected chi connectivity index (χ4v) is 4.93.